The molecule has 1 aromatic carbocycles. The van der Waals surface area contributed by atoms with Gasteiger partial charge in [0.05, 0.1) is 5.38 Å². The molecule has 1 atom stereocenters. The summed E-state index contributed by atoms with van der Waals surface area (Å²) in [5.74, 6) is 0.479. The van der Waals surface area contributed by atoms with Gasteiger partial charge >= 0.3 is 0 Å². The number of carbonyl (C=O) groups is 1. The van der Waals surface area contributed by atoms with E-state index in [1.54, 1.807) is 0 Å². The van der Waals surface area contributed by atoms with E-state index in [1.165, 1.54) is 0 Å². The summed E-state index contributed by atoms with van der Waals surface area (Å²) < 4.78 is 0. The lowest BCUT2D eigenvalue weighted by Gasteiger charge is -2.19. The smallest absolute Gasteiger partial charge is 0.251 e. The van der Waals surface area contributed by atoms with Crippen molar-refractivity contribution in [3.63, 3.8) is 0 Å². The van der Waals surface area contributed by atoms with E-state index in [4.69, 9.17) is 11.6 Å². The van der Waals surface area contributed by atoms with Crippen molar-refractivity contribution in [2.75, 3.05) is 6.54 Å². The first kappa shape index (κ1) is 13.9. The lowest BCUT2D eigenvalue weighted by atomic mass is 9.94. The summed E-state index contributed by atoms with van der Waals surface area (Å²) in [5.41, 5.74) is 3.51. The van der Waals surface area contributed by atoms with Crippen molar-refractivity contribution in [1.29, 1.82) is 0 Å². The van der Waals surface area contributed by atoms with Gasteiger partial charge in [0.1, 0.15) is 0 Å². The van der Waals surface area contributed by atoms with Crippen LogP contribution in [0, 0.1) is 16.7 Å². The van der Waals surface area contributed by atoms with Crippen LogP contribution >= 0.6 is 11.6 Å². The highest BCUT2D eigenvalue weighted by Gasteiger charge is 2.67. The van der Waals surface area contributed by atoms with Crippen molar-refractivity contribution in [2.45, 2.75) is 39.5 Å². The van der Waals surface area contributed by atoms with Crippen LogP contribution < -0.4 is 5.32 Å². The van der Waals surface area contributed by atoms with Gasteiger partial charge < -0.3 is 5.32 Å². The number of rotatable bonds is 2. The average Bonchev–Trinajstić information content (AvgIpc) is 2.79. The van der Waals surface area contributed by atoms with Crippen molar-refractivity contribution in [3.8, 4) is 0 Å². The predicted octanol–water partition coefficient (Wildman–Crippen LogP) is 3.93. The van der Waals surface area contributed by atoms with Gasteiger partial charge in [-0.1, -0.05) is 39.8 Å². The third-order valence-corrected chi connectivity index (χ3v) is 6.31. The zero-order valence-electron chi connectivity index (χ0n) is 12.6. The van der Waals surface area contributed by atoms with Crippen LogP contribution in [0.3, 0.4) is 0 Å². The molecular weight excluding hydrogens is 270 g/mol. The number of hydrogen-bond donors (Lipinski definition) is 1. The molecule has 0 spiro atoms. The Morgan fingerprint density at radius 1 is 1.25 bits per heavy atom. The van der Waals surface area contributed by atoms with Crippen molar-refractivity contribution < 1.29 is 4.79 Å². The molecule has 3 rings (SSSR count). The molecule has 0 saturated heterocycles. The molecule has 1 amide bonds. The zero-order valence-corrected chi connectivity index (χ0v) is 13.3. The standard InChI is InChI=1S/C17H22ClNO/c1-16(2)14(17(16,3)4)13(18)11-6-5-10-7-8-19-15(20)12(10)9-11/h5-6,9,13-14H,7-8H2,1-4H3,(H,19,20). The lowest BCUT2D eigenvalue weighted by Crippen LogP contribution is -2.31. The molecule has 20 heavy (non-hydrogen) atoms. The Bertz CT molecular complexity index is 562. The van der Waals surface area contributed by atoms with Gasteiger partial charge in [-0.15, -0.1) is 11.6 Å². The van der Waals surface area contributed by atoms with E-state index in [-0.39, 0.29) is 22.1 Å². The average molecular weight is 292 g/mol. The molecule has 1 aliphatic carbocycles. The van der Waals surface area contributed by atoms with Gasteiger partial charge in [0.15, 0.2) is 0 Å². The number of benzene rings is 1. The Labute approximate surface area is 125 Å². The highest BCUT2D eigenvalue weighted by atomic mass is 35.5. The van der Waals surface area contributed by atoms with Crippen molar-refractivity contribution in [3.05, 3.63) is 34.9 Å². The second kappa shape index (κ2) is 4.24. The summed E-state index contributed by atoms with van der Waals surface area (Å²) in [6.07, 6.45) is 0.911. The lowest BCUT2D eigenvalue weighted by molar-refractivity contribution is 0.0946. The fourth-order valence-electron chi connectivity index (χ4n) is 3.77. The van der Waals surface area contributed by atoms with Crippen molar-refractivity contribution in [2.24, 2.45) is 16.7 Å². The van der Waals surface area contributed by atoms with Crippen LogP contribution in [0.2, 0.25) is 0 Å². The number of nitrogens with one attached hydrogen (secondary N) is 1. The fraction of sp³-hybridized carbons (Fsp3) is 0.588. The summed E-state index contributed by atoms with van der Waals surface area (Å²) >= 11 is 6.73. The van der Waals surface area contributed by atoms with Crippen LogP contribution in [0.15, 0.2) is 18.2 Å². The van der Waals surface area contributed by atoms with E-state index in [0.717, 1.165) is 29.7 Å². The molecule has 1 fully saturated rings. The molecule has 1 unspecified atom stereocenters. The molecule has 0 aromatic heterocycles. The number of fused-ring (bicyclic) bond motifs is 1. The van der Waals surface area contributed by atoms with Gasteiger partial charge in [-0.05, 0) is 40.4 Å². The molecule has 2 aliphatic rings. The number of amides is 1. The maximum atomic E-state index is 11.9. The second-order valence-corrected chi connectivity index (χ2v) is 7.72. The molecule has 3 heteroatoms. The first-order chi connectivity index (χ1) is 9.26. The van der Waals surface area contributed by atoms with Crippen LogP contribution in [-0.4, -0.2) is 12.5 Å². The minimum absolute atomic E-state index is 0.0278. The molecule has 1 heterocycles. The van der Waals surface area contributed by atoms with Gasteiger partial charge in [-0.25, -0.2) is 0 Å². The summed E-state index contributed by atoms with van der Waals surface area (Å²) in [5, 5.41) is 2.87. The summed E-state index contributed by atoms with van der Waals surface area (Å²) in [6, 6.07) is 6.16. The summed E-state index contributed by atoms with van der Waals surface area (Å²) in [7, 11) is 0. The molecule has 2 nitrogen and oxygen atoms in total. The number of hydrogen-bond acceptors (Lipinski definition) is 1. The number of halogens is 1. The van der Waals surface area contributed by atoms with Crippen LogP contribution in [0.25, 0.3) is 0 Å². The predicted molar refractivity (Wildman–Crippen MR) is 82.1 cm³/mol. The first-order valence-electron chi connectivity index (χ1n) is 7.32. The van der Waals surface area contributed by atoms with Gasteiger partial charge in [0.2, 0.25) is 0 Å². The Morgan fingerprint density at radius 2 is 1.90 bits per heavy atom. The van der Waals surface area contributed by atoms with Crippen LogP contribution in [-0.2, 0) is 6.42 Å². The van der Waals surface area contributed by atoms with E-state index < -0.39 is 0 Å². The van der Waals surface area contributed by atoms with Crippen LogP contribution in [0.5, 0.6) is 0 Å². The van der Waals surface area contributed by atoms with E-state index in [9.17, 15) is 4.79 Å². The SMILES string of the molecule is CC1(C)C(C(Cl)c2ccc3c(c2)C(=O)NCC3)C1(C)C. The van der Waals surface area contributed by atoms with Crippen molar-refractivity contribution >= 4 is 17.5 Å². The van der Waals surface area contributed by atoms with E-state index in [1.807, 2.05) is 6.07 Å². The Morgan fingerprint density at radius 3 is 2.50 bits per heavy atom. The van der Waals surface area contributed by atoms with Crippen LogP contribution in [0.4, 0.5) is 0 Å². The molecule has 108 valence electrons. The van der Waals surface area contributed by atoms with E-state index in [0.29, 0.717) is 5.92 Å². The fourth-order valence-corrected chi connectivity index (χ4v) is 4.54. The number of alkyl halides is 1. The topological polar surface area (TPSA) is 29.1 Å². The molecular formula is C17H22ClNO. The molecule has 1 aliphatic heterocycles. The molecule has 1 N–H and O–H groups in total. The molecule has 1 saturated carbocycles. The Balaban J connectivity index is 1.93. The third kappa shape index (κ3) is 1.81. The summed E-state index contributed by atoms with van der Waals surface area (Å²) in [6.45, 7) is 9.84. The monoisotopic (exact) mass is 291 g/mol. The van der Waals surface area contributed by atoms with Crippen LogP contribution in [0.1, 0.15) is 54.6 Å². The maximum Gasteiger partial charge on any atom is 0.251 e. The van der Waals surface area contributed by atoms with E-state index >= 15 is 0 Å². The highest BCUT2D eigenvalue weighted by molar-refractivity contribution is 6.21. The normalized spacial score (nSPS) is 24.8. The first-order valence-corrected chi connectivity index (χ1v) is 7.75. The second-order valence-electron chi connectivity index (χ2n) is 7.25. The molecule has 0 radical (unpaired) electrons. The Hall–Kier alpha value is -1.02. The zero-order chi connectivity index (χ0) is 14.7. The summed E-state index contributed by atoms with van der Waals surface area (Å²) in [4.78, 5) is 11.9. The quantitative estimate of drug-likeness (QED) is 0.822. The Kier molecular flexibility index (Phi) is 2.95. The largest absolute Gasteiger partial charge is 0.352 e. The third-order valence-electron chi connectivity index (χ3n) is 5.80. The van der Waals surface area contributed by atoms with Gasteiger partial charge in [0, 0.05) is 12.1 Å². The molecule has 0 bridgehead atoms. The van der Waals surface area contributed by atoms with Gasteiger partial charge in [-0.2, -0.15) is 0 Å². The van der Waals surface area contributed by atoms with Crippen molar-refractivity contribution in [1.82, 2.24) is 5.32 Å². The minimum Gasteiger partial charge on any atom is -0.352 e. The van der Waals surface area contributed by atoms with E-state index in [2.05, 4.69) is 45.1 Å². The van der Waals surface area contributed by atoms with Gasteiger partial charge in [-0.3, -0.25) is 4.79 Å². The number of carbonyl (C=O) groups excluding carboxylic acids is 1. The maximum absolute atomic E-state index is 11.9. The van der Waals surface area contributed by atoms with Gasteiger partial charge in [0.25, 0.3) is 5.91 Å². The highest BCUT2D eigenvalue weighted by Crippen LogP contribution is 2.73. The minimum atomic E-state index is -0.0278. The molecule has 1 aromatic rings.